The highest BCUT2D eigenvalue weighted by atomic mass is 16.5. The lowest BCUT2D eigenvalue weighted by Crippen LogP contribution is -2.22. The molecule has 5 nitrogen and oxygen atoms in total. The summed E-state index contributed by atoms with van der Waals surface area (Å²) in [6.07, 6.45) is 5.95. The predicted octanol–water partition coefficient (Wildman–Crippen LogP) is 4.67. The first-order chi connectivity index (χ1) is 15.1. The lowest BCUT2D eigenvalue weighted by molar-refractivity contribution is 0.294. The number of rotatable bonds is 5. The number of hydrogen-bond acceptors (Lipinski definition) is 4. The quantitative estimate of drug-likeness (QED) is 0.568. The normalized spacial score (nSPS) is 12.3. The van der Waals surface area contributed by atoms with Gasteiger partial charge in [-0.3, -0.25) is 4.79 Å². The third-order valence-electron chi connectivity index (χ3n) is 4.80. The minimum absolute atomic E-state index is 0.0950. The van der Waals surface area contributed by atoms with Crippen molar-refractivity contribution < 1.29 is 4.74 Å². The van der Waals surface area contributed by atoms with E-state index < -0.39 is 0 Å². The molecular weight excluding hydrogens is 386 g/mol. The summed E-state index contributed by atoms with van der Waals surface area (Å²) < 4.78 is 7.45. The maximum atomic E-state index is 12.6. The number of pyridine rings is 1. The molecule has 160 valence electrons. The molecule has 0 bridgehead atoms. The van der Waals surface area contributed by atoms with Crippen LogP contribution in [0.4, 0.5) is 0 Å². The first kappa shape index (κ1) is 22.3. The molecule has 2 heterocycles. The van der Waals surface area contributed by atoms with Crippen molar-refractivity contribution in [3.05, 3.63) is 87.4 Å². The van der Waals surface area contributed by atoms with Gasteiger partial charge in [0.25, 0.3) is 5.56 Å². The van der Waals surface area contributed by atoms with Gasteiger partial charge in [0.05, 0.1) is 6.54 Å². The van der Waals surface area contributed by atoms with Crippen LogP contribution >= 0.6 is 0 Å². The van der Waals surface area contributed by atoms with Crippen LogP contribution in [0.1, 0.15) is 54.9 Å². The van der Waals surface area contributed by atoms with Crippen LogP contribution in [0, 0.1) is 31.6 Å². The third-order valence-corrected chi connectivity index (χ3v) is 4.80. The summed E-state index contributed by atoms with van der Waals surface area (Å²) >= 11 is 0. The summed E-state index contributed by atoms with van der Waals surface area (Å²) in [7, 11) is 0. The molecule has 4 rings (SSSR count). The van der Waals surface area contributed by atoms with E-state index in [0.29, 0.717) is 24.0 Å². The molecule has 3 aromatic rings. The fraction of sp³-hybridized carbons (Fsp3) is 0.346. The van der Waals surface area contributed by atoms with Crippen molar-refractivity contribution in [1.29, 1.82) is 0 Å². The van der Waals surface area contributed by atoms with Crippen LogP contribution in [0.5, 0.6) is 5.75 Å². The molecule has 1 aromatic carbocycles. The molecule has 0 atom stereocenters. The molecule has 0 radical (unpaired) electrons. The average molecular weight is 416 g/mol. The van der Waals surface area contributed by atoms with Gasteiger partial charge in [0.15, 0.2) is 5.82 Å². The van der Waals surface area contributed by atoms with Crippen LogP contribution in [0.15, 0.2) is 53.6 Å². The van der Waals surface area contributed by atoms with E-state index in [4.69, 9.17) is 4.74 Å². The Bertz CT molecular complexity index is 1120. The zero-order chi connectivity index (χ0) is 22.2. The molecule has 0 unspecified atom stereocenters. The van der Waals surface area contributed by atoms with Gasteiger partial charge in [0.2, 0.25) is 0 Å². The molecule has 1 fully saturated rings. The van der Waals surface area contributed by atoms with Gasteiger partial charge < -0.3 is 9.30 Å². The SMILES string of the molecule is CC.Cc1cnc(COc2cc(C)n(Cc3ccc(C#CC4CC4)cc3)c(=O)c2)nc1. The van der Waals surface area contributed by atoms with E-state index in [1.54, 1.807) is 17.0 Å². The lowest BCUT2D eigenvalue weighted by Gasteiger charge is -2.12. The van der Waals surface area contributed by atoms with E-state index in [0.717, 1.165) is 22.4 Å². The van der Waals surface area contributed by atoms with Gasteiger partial charge >= 0.3 is 0 Å². The largest absolute Gasteiger partial charge is 0.485 e. The zero-order valence-electron chi connectivity index (χ0n) is 18.7. The monoisotopic (exact) mass is 415 g/mol. The van der Waals surface area contributed by atoms with Crippen LogP contribution < -0.4 is 10.3 Å². The molecule has 2 aromatic heterocycles. The summed E-state index contributed by atoms with van der Waals surface area (Å²) in [5.41, 5.74) is 3.83. The molecule has 0 N–H and O–H groups in total. The first-order valence-electron chi connectivity index (χ1n) is 10.8. The predicted molar refractivity (Wildman–Crippen MR) is 123 cm³/mol. The Hall–Kier alpha value is -3.39. The number of ether oxygens (including phenoxy) is 1. The number of aryl methyl sites for hydroxylation is 2. The summed E-state index contributed by atoms with van der Waals surface area (Å²) in [4.78, 5) is 21.0. The van der Waals surface area contributed by atoms with Crippen LogP contribution in [-0.2, 0) is 13.2 Å². The van der Waals surface area contributed by atoms with E-state index in [1.165, 1.54) is 18.9 Å². The van der Waals surface area contributed by atoms with Gasteiger partial charge in [0.1, 0.15) is 12.4 Å². The Kier molecular flexibility index (Phi) is 7.61. The lowest BCUT2D eigenvalue weighted by atomic mass is 10.1. The Balaban J connectivity index is 0.00000132. The van der Waals surface area contributed by atoms with Gasteiger partial charge in [-0.2, -0.15) is 0 Å². The van der Waals surface area contributed by atoms with Gasteiger partial charge in [-0.25, -0.2) is 9.97 Å². The van der Waals surface area contributed by atoms with Gasteiger partial charge in [-0.15, -0.1) is 0 Å². The minimum Gasteiger partial charge on any atom is -0.485 e. The number of benzene rings is 1. The molecule has 0 saturated heterocycles. The van der Waals surface area contributed by atoms with E-state index in [-0.39, 0.29) is 12.2 Å². The second kappa shape index (κ2) is 10.6. The van der Waals surface area contributed by atoms with Crippen LogP contribution in [0.25, 0.3) is 0 Å². The van der Waals surface area contributed by atoms with Crippen molar-refractivity contribution >= 4 is 0 Å². The second-order valence-electron chi connectivity index (χ2n) is 7.46. The summed E-state index contributed by atoms with van der Waals surface area (Å²) in [5.74, 6) is 8.18. The molecule has 1 aliphatic carbocycles. The number of hydrogen-bond donors (Lipinski definition) is 0. The van der Waals surface area contributed by atoms with Gasteiger partial charge in [-0.1, -0.05) is 37.8 Å². The highest BCUT2D eigenvalue weighted by Gasteiger charge is 2.17. The first-order valence-corrected chi connectivity index (χ1v) is 10.8. The minimum atomic E-state index is -0.0950. The standard InChI is InChI=1S/C24H23N3O2.C2H6/c1-17-13-25-23(26-14-17)16-29-22-11-18(2)27(24(28)12-22)15-21-9-7-20(8-10-21)6-5-19-3-4-19;1-2/h7-14,19H,3-4,15-16H2,1-2H3;1-2H3. The van der Waals surface area contributed by atoms with Crippen molar-refractivity contribution in [3.8, 4) is 17.6 Å². The summed E-state index contributed by atoms with van der Waals surface area (Å²) in [6.45, 7) is 8.59. The van der Waals surface area contributed by atoms with E-state index in [1.807, 2.05) is 58.0 Å². The molecule has 0 amide bonds. The van der Waals surface area contributed by atoms with Crippen molar-refractivity contribution in [3.63, 3.8) is 0 Å². The maximum absolute atomic E-state index is 12.6. The third kappa shape index (κ3) is 6.55. The van der Waals surface area contributed by atoms with Gasteiger partial charge in [0, 0.05) is 35.6 Å². The van der Waals surface area contributed by atoms with Crippen molar-refractivity contribution in [2.24, 2.45) is 5.92 Å². The van der Waals surface area contributed by atoms with E-state index >= 15 is 0 Å². The molecular formula is C26H29N3O2. The Labute approximate surface area is 184 Å². The topological polar surface area (TPSA) is 57.0 Å². The van der Waals surface area contributed by atoms with Crippen LogP contribution in [0.3, 0.4) is 0 Å². The van der Waals surface area contributed by atoms with Crippen molar-refractivity contribution in [1.82, 2.24) is 14.5 Å². The number of nitrogens with zero attached hydrogens (tertiary/aromatic N) is 3. The fourth-order valence-corrected chi connectivity index (χ4v) is 2.92. The summed E-state index contributed by atoms with van der Waals surface area (Å²) in [6, 6.07) is 11.5. The zero-order valence-corrected chi connectivity index (χ0v) is 18.7. The molecule has 0 aliphatic heterocycles. The highest BCUT2D eigenvalue weighted by Crippen LogP contribution is 2.27. The van der Waals surface area contributed by atoms with E-state index in [2.05, 4.69) is 21.8 Å². The van der Waals surface area contributed by atoms with Crippen molar-refractivity contribution in [2.75, 3.05) is 0 Å². The van der Waals surface area contributed by atoms with E-state index in [9.17, 15) is 4.79 Å². The molecule has 1 saturated carbocycles. The molecule has 5 heteroatoms. The smallest absolute Gasteiger partial charge is 0.254 e. The summed E-state index contributed by atoms with van der Waals surface area (Å²) in [5, 5.41) is 0. The van der Waals surface area contributed by atoms with Crippen molar-refractivity contribution in [2.45, 2.75) is 53.7 Å². The Morgan fingerprint density at radius 1 is 1.06 bits per heavy atom. The molecule has 0 spiro atoms. The van der Waals surface area contributed by atoms with Gasteiger partial charge in [-0.05, 0) is 56.0 Å². The maximum Gasteiger partial charge on any atom is 0.254 e. The average Bonchev–Trinajstić information content (AvgIpc) is 3.61. The Morgan fingerprint density at radius 2 is 1.74 bits per heavy atom. The number of aromatic nitrogens is 3. The molecule has 1 aliphatic rings. The van der Waals surface area contributed by atoms with Crippen LogP contribution in [0.2, 0.25) is 0 Å². The highest BCUT2D eigenvalue weighted by molar-refractivity contribution is 5.37. The Morgan fingerprint density at radius 3 is 2.35 bits per heavy atom. The molecule has 31 heavy (non-hydrogen) atoms. The second-order valence-corrected chi connectivity index (χ2v) is 7.46. The van der Waals surface area contributed by atoms with Crippen LogP contribution in [-0.4, -0.2) is 14.5 Å². The fourth-order valence-electron chi connectivity index (χ4n) is 2.92.